The van der Waals surface area contributed by atoms with Gasteiger partial charge < -0.3 is 14.2 Å². The van der Waals surface area contributed by atoms with Crippen LogP contribution in [0.3, 0.4) is 0 Å². The van der Waals surface area contributed by atoms with Crippen LogP contribution in [0.4, 0.5) is 0 Å². The molecule has 1 aromatic rings. The van der Waals surface area contributed by atoms with E-state index >= 15 is 0 Å². The monoisotopic (exact) mass is 308 g/mol. The Morgan fingerprint density at radius 3 is 2.32 bits per heavy atom. The maximum Gasteiger partial charge on any atom is 0.124 e. The molecule has 124 valence electrons. The number of hydrogen-bond acceptors (Lipinski definition) is 5. The van der Waals surface area contributed by atoms with Crippen LogP contribution in [-0.4, -0.2) is 70.5 Å². The van der Waals surface area contributed by atoms with Gasteiger partial charge in [0.25, 0.3) is 0 Å². The van der Waals surface area contributed by atoms with Gasteiger partial charge in [0.1, 0.15) is 5.75 Å². The van der Waals surface area contributed by atoms with Crippen molar-refractivity contribution >= 4 is 0 Å². The fourth-order valence-electron chi connectivity index (χ4n) is 2.85. The molecule has 22 heavy (non-hydrogen) atoms. The van der Waals surface area contributed by atoms with E-state index in [9.17, 15) is 0 Å². The highest BCUT2D eigenvalue weighted by Crippen LogP contribution is 2.21. The molecule has 1 aromatic carbocycles. The van der Waals surface area contributed by atoms with Crippen LogP contribution in [0.15, 0.2) is 18.2 Å². The Morgan fingerprint density at radius 2 is 1.68 bits per heavy atom. The van der Waals surface area contributed by atoms with Gasteiger partial charge in [0.05, 0.1) is 20.3 Å². The minimum absolute atomic E-state index is 0.585. The van der Waals surface area contributed by atoms with Crippen LogP contribution < -0.4 is 4.74 Å². The average molecular weight is 308 g/mol. The summed E-state index contributed by atoms with van der Waals surface area (Å²) in [6, 6.07) is 6.38. The van der Waals surface area contributed by atoms with Crippen molar-refractivity contribution in [2.75, 3.05) is 60.7 Å². The van der Waals surface area contributed by atoms with Gasteiger partial charge >= 0.3 is 0 Å². The highest BCUT2D eigenvalue weighted by Gasteiger charge is 2.17. The largest absolute Gasteiger partial charge is 0.496 e. The Kier molecular flexibility index (Phi) is 7.12. The molecule has 0 atom stereocenters. The minimum atomic E-state index is 0.585. The highest BCUT2D eigenvalue weighted by molar-refractivity contribution is 5.36. The quantitative estimate of drug-likeness (QED) is 0.729. The molecule has 1 aliphatic rings. The predicted molar refractivity (Wildman–Crippen MR) is 87.3 cm³/mol. The maximum atomic E-state index is 5.38. The first-order valence-corrected chi connectivity index (χ1v) is 7.85. The van der Waals surface area contributed by atoms with Crippen molar-refractivity contribution in [3.8, 4) is 5.75 Å². The molecule has 1 fully saturated rings. The normalized spacial score (nSPS) is 16.9. The van der Waals surface area contributed by atoms with Crippen molar-refractivity contribution in [3.05, 3.63) is 29.3 Å². The molecule has 1 aliphatic heterocycles. The van der Waals surface area contributed by atoms with Gasteiger partial charge in [-0.25, -0.2) is 0 Å². The van der Waals surface area contributed by atoms with Gasteiger partial charge in [-0.2, -0.15) is 0 Å². The van der Waals surface area contributed by atoms with Crippen LogP contribution in [0.25, 0.3) is 0 Å². The zero-order valence-corrected chi connectivity index (χ0v) is 14.0. The third kappa shape index (κ3) is 4.95. The number of methoxy groups -OCH3 is 3. The Morgan fingerprint density at radius 1 is 0.955 bits per heavy atom. The van der Waals surface area contributed by atoms with Gasteiger partial charge in [-0.05, 0) is 17.7 Å². The molecule has 1 heterocycles. The van der Waals surface area contributed by atoms with E-state index in [1.165, 1.54) is 5.56 Å². The fraction of sp³-hybridized carbons (Fsp3) is 0.647. The maximum absolute atomic E-state index is 5.38. The first kappa shape index (κ1) is 17.2. The second-order valence-electron chi connectivity index (χ2n) is 5.69. The molecule has 0 radical (unpaired) electrons. The lowest BCUT2D eigenvalue weighted by atomic mass is 10.1. The number of rotatable bonds is 8. The summed E-state index contributed by atoms with van der Waals surface area (Å²) >= 11 is 0. The third-order valence-corrected chi connectivity index (χ3v) is 4.13. The summed E-state index contributed by atoms with van der Waals surface area (Å²) < 4.78 is 15.8. The predicted octanol–water partition coefficient (Wildman–Crippen LogP) is 1.61. The summed E-state index contributed by atoms with van der Waals surface area (Å²) in [5.41, 5.74) is 2.43. The fourth-order valence-corrected chi connectivity index (χ4v) is 2.85. The third-order valence-electron chi connectivity index (χ3n) is 4.13. The summed E-state index contributed by atoms with van der Waals surface area (Å²) in [7, 11) is 5.18. The number of piperazine rings is 1. The van der Waals surface area contributed by atoms with Crippen LogP contribution in [0.2, 0.25) is 0 Å². The summed E-state index contributed by atoms with van der Waals surface area (Å²) in [6.45, 7) is 7.87. The van der Waals surface area contributed by atoms with E-state index in [2.05, 4.69) is 21.9 Å². The van der Waals surface area contributed by atoms with Gasteiger partial charge in [-0.3, -0.25) is 9.80 Å². The molecule has 0 saturated carbocycles. The topological polar surface area (TPSA) is 34.2 Å². The second-order valence-corrected chi connectivity index (χ2v) is 5.69. The van der Waals surface area contributed by atoms with Crippen LogP contribution in [-0.2, 0) is 22.6 Å². The minimum Gasteiger partial charge on any atom is -0.496 e. The second kappa shape index (κ2) is 9.10. The molecule has 5 heteroatoms. The van der Waals surface area contributed by atoms with Crippen LogP contribution in [0, 0.1) is 0 Å². The molecular formula is C17H28N2O3. The molecule has 0 bridgehead atoms. The van der Waals surface area contributed by atoms with E-state index in [1.54, 1.807) is 21.3 Å². The molecule has 0 spiro atoms. The Labute approximate surface area is 133 Å². The van der Waals surface area contributed by atoms with Crippen LogP contribution >= 0.6 is 0 Å². The number of hydrogen-bond donors (Lipinski definition) is 0. The van der Waals surface area contributed by atoms with Crippen LogP contribution in [0.5, 0.6) is 5.75 Å². The van der Waals surface area contributed by atoms with Crippen molar-refractivity contribution < 1.29 is 14.2 Å². The Bertz CT molecular complexity index is 446. The van der Waals surface area contributed by atoms with Crippen molar-refractivity contribution in [2.45, 2.75) is 13.2 Å². The molecule has 0 N–H and O–H groups in total. The summed E-state index contributed by atoms with van der Waals surface area (Å²) in [5.74, 6) is 0.898. The summed E-state index contributed by atoms with van der Waals surface area (Å²) in [5, 5.41) is 0. The Balaban J connectivity index is 1.87. The van der Waals surface area contributed by atoms with Crippen molar-refractivity contribution in [3.63, 3.8) is 0 Å². The summed E-state index contributed by atoms with van der Waals surface area (Å²) in [4.78, 5) is 4.96. The van der Waals surface area contributed by atoms with Gasteiger partial charge in [-0.15, -0.1) is 0 Å². The lowest BCUT2D eigenvalue weighted by molar-refractivity contribution is 0.0937. The molecule has 0 amide bonds. The van der Waals surface area contributed by atoms with Gasteiger partial charge in [-0.1, -0.05) is 6.07 Å². The highest BCUT2D eigenvalue weighted by atomic mass is 16.5. The van der Waals surface area contributed by atoms with Crippen molar-refractivity contribution in [1.82, 2.24) is 9.80 Å². The van der Waals surface area contributed by atoms with E-state index in [-0.39, 0.29) is 0 Å². The zero-order chi connectivity index (χ0) is 15.8. The van der Waals surface area contributed by atoms with E-state index in [1.807, 2.05) is 6.07 Å². The first-order valence-electron chi connectivity index (χ1n) is 7.85. The van der Waals surface area contributed by atoms with E-state index in [0.717, 1.165) is 57.2 Å². The van der Waals surface area contributed by atoms with Gasteiger partial charge in [0, 0.05) is 59.1 Å². The zero-order valence-electron chi connectivity index (χ0n) is 14.0. The van der Waals surface area contributed by atoms with E-state index in [0.29, 0.717) is 6.61 Å². The smallest absolute Gasteiger partial charge is 0.124 e. The SMILES string of the molecule is COCCN1CCN(Cc2ccc(OC)c(COC)c2)CC1. The van der Waals surface area contributed by atoms with Crippen molar-refractivity contribution in [1.29, 1.82) is 0 Å². The van der Waals surface area contributed by atoms with Gasteiger partial charge in [0.15, 0.2) is 0 Å². The van der Waals surface area contributed by atoms with Crippen molar-refractivity contribution in [2.24, 2.45) is 0 Å². The lowest BCUT2D eigenvalue weighted by Crippen LogP contribution is -2.46. The molecule has 0 unspecified atom stereocenters. The molecule has 5 nitrogen and oxygen atoms in total. The molecular weight excluding hydrogens is 280 g/mol. The molecule has 1 saturated heterocycles. The molecule has 2 rings (SSSR count). The average Bonchev–Trinajstić information content (AvgIpc) is 2.55. The van der Waals surface area contributed by atoms with Gasteiger partial charge in [0.2, 0.25) is 0 Å². The van der Waals surface area contributed by atoms with E-state index < -0.39 is 0 Å². The van der Waals surface area contributed by atoms with E-state index in [4.69, 9.17) is 14.2 Å². The lowest BCUT2D eigenvalue weighted by Gasteiger charge is -2.34. The Hall–Kier alpha value is -1.14. The number of nitrogens with zero attached hydrogens (tertiary/aromatic N) is 2. The molecule has 0 aliphatic carbocycles. The standard InChI is InChI=1S/C17H28N2O3/c1-20-11-10-18-6-8-19(9-7-18)13-15-4-5-17(22-3)16(12-15)14-21-2/h4-5,12H,6-11,13-14H2,1-3H3. The van der Waals surface area contributed by atoms with Crippen LogP contribution in [0.1, 0.15) is 11.1 Å². The summed E-state index contributed by atoms with van der Waals surface area (Å²) in [6.07, 6.45) is 0. The number of benzene rings is 1. The first-order chi connectivity index (χ1) is 10.8. The molecule has 0 aromatic heterocycles. The number of ether oxygens (including phenoxy) is 3.